The number of carbonyl (C=O) groups excluding carboxylic acids is 2. The number of carbonyl (C=O) groups is 2. The zero-order valence-electron chi connectivity index (χ0n) is 23.3. The molecule has 2 aliphatic rings. The predicted octanol–water partition coefficient (Wildman–Crippen LogP) is 3.49. The topological polar surface area (TPSA) is 165 Å². The molecule has 44 heavy (non-hydrogen) atoms. The second-order valence-corrected chi connectivity index (χ2v) is 10.2. The molecule has 1 aliphatic carbocycles. The predicted molar refractivity (Wildman–Crippen MR) is 165 cm³/mol. The van der Waals surface area contributed by atoms with E-state index in [1.54, 1.807) is 17.4 Å². The Bertz CT molecular complexity index is 1960. The summed E-state index contributed by atoms with van der Waals surface area (Å²) in [6.45, 7) is 0. The van der Waals surface area contributed by atoms with Gasteiger partial charge in [-0.15, -0.1) is 0 Å². The number of hydrogen-bond acceptors (Lipinski definition) is 9. The molecule has 0 saturated carbocycles. The summed E-state index contributed by atoms with van der Waals surface area (Å²) in [5.41, 5.74) is 18.9. The molecule has 1 amide bonds. The van der Waals surface area contributed by atoms with Gasteiger partial charge in [-0.3, -0.25) is 14.4 Å². The number of hydrogen-bond donors (Lipinski definition) is 4. The number of hydrazine groups is 1. The van der Waals surface area contributed by atoms with Crippen molar-refractivity contribution in [2.24, 2.45) is 5.73 Å². The van der Waals surface area contributed by atoms with Gasteiger partial charge in [0.2, 0.25) is 5.91 Å². The number of alkyl halides is 1. The van der Waals surface area contributed by atoms with Crippen LogP contribution in [0.2, 0.25) is 0 Å². The Morgan fingerprint density at radius 3 is 2.59 bits per heavy atom. The van der Waals surface area contributed by atoms with Gasteiger partial charge in [0, 0.05) is 29.2 Å². The van der Waals surface area contributed by atoms with E-state index in [1.807, 2.05) is 28.8 Å². The Morgan fingerprint density at radius 1 is 1.05 bits per heavy atom. The lowest BCUT2D eigenvalue weighted by molar-refractivity contribution is 0.1000. The fourth-order valence-electron chi connectivity index (χ4n) is 5.22. The molecule has 0 spiro atoms. The van der Waals surface area contributed by atoms with Crippen LogP contribution < -0.4 is 21.9 Å². The number of aromatic nitrogens is 4. The highest BCUT2D eigenvalue weighted by molar-refractivity contribution is 6.62. The number of nitrogens with zero attached hydrogens (tertiary/aromatic N) is 5. The number of aryl methyl sites for hydroxylation is 2. The molecule has 4 heterocycles. The summed E-state index contributed by atoms with van der Waals surface area (Å²) in [6.07, 6.45) is 6.86. The normalized spacial score (nSPS) is 15.2. The van der Waals surface area contributed by atoms with Crippen LogP contribution in [0.15, 0.2) is 79.1 Å². The van der Waals surface area contributed by atoms with E-state index in [9.17, 15) is 14.0 Å². The van der Waals surface area contributed by atoms with Gasteiger partial charge in [0.25, 0.3) is 0 Å². The summed E-state index contributed by atoms with van der Waals surface area (Å²) in [5.74, 6) is 0.721. The number of imidazole rings is 1. The maximum Gasteiger partial charge on any atom is 0.248 e. The number of phenolic OH excluding ortho intramolecular Hbond substituents is 1. The van der Waals surface area contributed by atoms with E-state index in [-0.39, 0.29) is 16.9 Å². The van der Waals surface area contributed by atoms with Gasteiger partial charge in [0.05, 0.1) is 5.56 Å². The van der Waals surface area contributed by atoms with E-state index in [4.69, 9.17) is 34.4 Å². The SMILES string of the molecule is Nc1ncccc1-c1nc2ccc(N3C=CC(F)N3)nc2n1-c1ccc2c(c1)CCC2.[B]C(=O)c1cc(C(N)=O)ccc1O. The summed E-state index contributed by atoms with van der Waals surface area (Å²) in [7, 11) is 4.93. The van der Waals surface area contributed by atoms with Gasteiger partial charge in [0.1, 0.15) is 28.6 Å². The molecule has 11 nitrogen and oxygen atoms in total. The summed E-state index contributed by atoms with van der Waals surface area (Å²) < 4.78 is 15.6. The minimum atomic E-state index is -1.23. The molecule has 5 aromatic rings. The van der Waals surface area contributed by atoms with E-state index in [2.05, 4.69) is 28.6 Å². The summed E-state index contributed by atoms with van der Waals surface area (Å²) in [6, 6.07) is 17.6. The number of primary amides is 1. The van der Waals surface area contributed by atoms with Gasteiger partial charge in [-0.2, -0.15) is 5.43 Å². The maximum atomic E-state index is 13.6. The Kier molecular flexibility index (Phi) is 7.54. The van der Waals surface area contributed by atoms with Crippen molar-refractivity contribution in [1.29, 1.82) is 0 Å². The van der Waals surface area contributed by atoms with Crippen molar-refractivity contribution in [1.82, 2.24) is 24.9 Å². The van der Waals surface area contributed by atoms with Gasteiger partial charge >= 0.3 is 0 Å². The molecule has 6 N–H and O–H groups in total. The first-order valence-electron chi connectivity index (χ1n) is 13.7. The van der Waals surface area contributed by atoms with Gasteiger partial charge < -0.3 is 21.4 Å². The highest BCUT2D eigenvalue weighted by Crippen LogP contribution is 2.33. The molecule has 1 aliphatic heterocycles. The van der Waals surface area contributed by atoms with Crippen LogP contribution in [-0.4, -0.2) is 50.4 Å². The lowest BCUT2D eigenvalue weighted by Gasteiger charge is -2.16. The van der Waals surface area contributed by atoms with Crippen LogP contribution in [0.3, 0.4) is 0 Å². The number of nitrogens with two attached hydrogens (primary N) is 2. The van der Waals surface area contributed by atoms with Crippen LogP contribution in [-0.2, 0) is 12.8 Å². The molecule has 2 radical (unpaired) electrons. The molecule has 13 heteroatoms. The number of phenols is 1. The fourth-order valence-corrected chi connectivity index (χ4v) is 5.22. The monoisotopic (exact) mass is 588 g/mol. The van der Waals surface area contributed by atoms with E-state index in [1.165, 1.54) is 35.8 Å². The number of pyridine rings is 2. The molecule has 2 aromatic carbocycles. The Hall–Kier alpha value is -5.56. The molecule has 3 aromatic heterocycles. The standard InChI is InChI=1S/C23H20FN7.C8H6BNO3/c24-19-10-12-30(29-19)20-9-8-18-23(28-20)31(16-7-6-14-3-1-4-15(14)13-16)22(27-18)17-5-2-11-26-21(17)25;9-7(12)5-3-4(8(10)13)1-2-6(5)11/h2,5-13,19,29H,1,3-4H2,(H2,25,26);1-3,11H,(H2,10,13). The van der Waals surface area contributed by atoms with Crippen molar-refractivity contribution in [3.8, 4) is 22.8 Å². The number of nitrogens with one attached hydrogen (secondary N) is 1. The highest BCUT2D eigenvalue weighted by atomic mass is 19.1. The molecule has 218 valence electrons. The van der Waals surface area contributed by atoms with Crippen molar-refractivity contribution in [2.75, 3.05) is 10.7 Å². The molecule has 0 bridgehead atoms. The average Bonchev–Trinajstić information content (AvgIpc) is 3.75. The molecule has 0 fully saturated rings. The fraction of sp³-hybridized carbons (Fsp3) is 0.129. The van der Waals surface area contributed by atoms with Gasteiger partial charge in [0.15, 0.2) is 25.6 Å². The number of rotatable bonds is 5. The third kappa shape index (κ3) is 5.48. The molecular formula is C31H26BFN8O3. The zero-order chi connectivity index (χ0) is 31.0. The van der Waals surface area contributed by atoms with Crippen LogP contribution in [0.4, 0.5) is 16.0 Å². The van der Waals surface area contributed by atoms with Crippen LogP contribution >= 0.6 is 0 Å². The number of fused-ring (bicyclic) bond motifs is 2. The van der Waals surface area contributed by atoms with E-state index in [0.29, 0.717) is 23.1 Å². The van der Waals surface area contributed by atoms with E-state index < -0.39 is 17.9 Å². The van der Waals surface area contributed by atoms with E-state index >= 15 is 0 Å². The van der Waals surface area contributed by atoms with Gasteiger partial charge in [-0.25, -0.2) is 19.3 Å². The molecule has 7 rings (SSSR count). The summed E-state index contributed by atoms with van der Waals surface area (Å²) in [5, 5.41) is 10.7. The third-order valence-corrected chi connectivity index (χ3v) is 7.37. The maximum absolute atomic E-state index is 13.6. The van der Waals surface area contributed by atoms with Crippen LogP contribution in [0.5, 0.6) is 5.75 Å². The Balaban J connectivity index is 0.000000223. The minimum Gasteiger partial charge on any atom is -0.507 e. The summed E-state index contributed by atoms with van der Waals surface area (Å²) in [4.78, 5) is 35.3. The second kappa shape index (κ2) is 11.6. The average molecular weight is 588 g/mol. The zero-order valence-corrected chi connectivity index (χ0v) is 23.3. The first-order valence-corrected chi connectivity index (χ1v) is 13.7. The minimum absolute atomic E-state index is 0.115. The van der Waals surface area contributed by atoms with Gasteiger partial charge in [-0.05, 0) is 91.1 Å². The molecular weight excluding hydrogens is 562 g/mol. The lowest BCUT2D eigenvalue weighted by atomic mass is 9.93. The Labute approximate surface area is 252 Å². The number of aromatic hydroxyl groups is 1. The van der Waals surface area contributed by atoms with Crippen molar-refractivity contribution in [3.05, 3.63) is 101 Å². The summed E-state index contributed by atoms with van der Waals surface area (Å²) >= 11 is 0. The first-order chi connectivity index (χ1) is 21.2. The van der Waals surface area contributed by atoms with Gasteiger partial charge in [-0.1, -0.05) is 6.07 Å². The first kappa shape index (κ1) is 28.6. The Morgan fingerprint density at radius 2 is 1.86 bits per heavy atom. The number of benzene rings is 2. The van der Waals surface area contributed by atoms with Crippen molar-refractivity contribution in [3.63, 3.8) is 0 Å². The number of anilines is 2. The molecule has 1 atom stereocenters. The largest absolute Gasteiger partial charge is 0.507 e. The molecule has 0 saturated heterocycles. The third-order valence-electron chi connectivity index (χ3n) is 7.37. The smallest absolute Gasteiger partial charge is 0.248 e. The van der Waals surface area contributed by atoms with Crippen molar-refractivity contribution >= 4 is 42.2 Å². The second-order valence-electron chi connectivity index (χ2n) is 10.2. The number of halogens is 1. The quantitative estimate of drug-likeness (QED) is 0.178. The highest BCUT2D eigenvalue weighted by Gasteiger charge is 2.22. The molecule has 1 unspecified atom stereocenters. The van der Waals surface area contributed by atoms with Crippen LogP contribution in [0.25, 0.3) is 28.2 Å². The number of nitrogen functional groups attached to an aromatic ring is 1. The number of amides is 1. The lowest BCUT2D eigenvalue weighted by Crippen LogP contribution is -2.33. The van der Waals surface area contributed by atoms with E-state index in [0.717, 1.165) is 35.7 Å². The van der Waals surface area contributed by atoms with Crippen LogP contribution in [0, 0.1) is 0 Å². The van der Waals surface area contributed by atoms with Crippen molar-refractivity contribution in [2.45, 2.75) is 25.6 Å². The van der Waals surface area contributed by atoms with Crippen molar-refractivity contribution < 1.29 is 19.1 Å². The van der Waals surface area contributed by atoms with Crippen LogP contribution in [0.1, 0.15) is 38.3 Å².